The molecule has 1 aliphatic carbocycles. The van der Waals surface area contributed by atoms with Gasteiger partial charge in [-0.2, -0.15) is 0 Å². The van der Waals surface area contributed by atoms with Crippen molar-refractivity contribution in [1.29, 1.82) is 0 Å². The second-order valence-electron chi connectivity index (χ2n) is 6.25. The van der Waals surface area contributed by atoms with Crippen LogP contribution in [0.25, 0.3) is 0 Å². The van der Waals surface area contributed by atoms with Crippen LogP contribution in [0.5, 0.6) is 5.75 Å². The van der Waals surface area contributed by atoms with Crippen molar-refractivity contribution < 1.29 is 14.1 Å². The molecule has 24 heavy (non-hydrogen) atoms. The summed E-state index contributed by atoms with van der Waals surface area (Å²) in [7, 11) is 0. The molecule has 1 saturated carbocycles. The SMILES string of the molecule is O=C(c1cc(C2CC2)no1)N1CC[C@H](Oc2ccc(Cl)c(Cl)c2)C1. The zero-order chi connectivity index (χ0) is 16.7. The van der Waals surface area contributed by atoms with Crippen molar-refractivity contribution in [2.75, 3.05) is 13.1 Å². The first-order valence-electron chi connectivity index (χ1n) is 7.98. The monoisotopic (exact) mass is 366 g/mol. The Morgan fingerprint density at radius 1 is 1.21 bits per heavy atom. The Balaban J connectivity index is 1.38. The predicted molar refractivity (Wildman–Crippen MR) is 89.9 cm³/mol. The van der Waals surface area contributed by atoms with Crippen molar-refractivity contribution in [3.05, 3.63) is 45.8 Å². The molecule has 2 aliphatic rings. The van der Waals surface area contributed by atoms with E-state index in [4.69, 9.17) is 32.5 Å². The first-order valence-corrected chi connectivity index (χ1v) is 8.73. The Morgan fingerprint density at radius 3 is 2.79 bits per heavy atom. The second-order valence-corrected chi connectivity index (χ2v) is 7.06. The number of hydrogen-bond donors (Lipinski definition) is 0. The Labute approximate surface area is 149 Å². The van der Waals surface area contributed by atoms with Crippen LogP contribution in [0.3, 0.4) is 0 Å². The highest BCUT2D eigenvalue weighted by molar-refractivity contribution is 6.42. The van der Waals surface area contributed by atoms with E-state index in [1.807, 2.05) is 0 Å². The summed E-state index contributed by atoms with van der Waals surface area (Å²) in [4.78, 5) is 14.2. The van der Waals surface area contributed by atoms with E-state index in [9.17, 15) is 4.79 Å². The lowest BCUT2D eigenvalue weighted by molar-refractivity contribution is 0.0731. The second kappa shape index (κ2) is 6.30. The van der Waals surface area contributed by atoms with Crippen LogP contribution in [0, 0.1) is 0 Å². The molecule has 0 N–H and O–H groups in total. The molecule has 0 spiro atoms. The maximum atomic E-state index is 12.5. The van der Waals surface area contributed by atoms with Gasteiger partial charge in [0.05, 0.1) is 22.3 Å². The van der Waals surface area contributed by atoms with Gasteiger partial charge in [-0.3, -0.25) is 4.79 Å². The highest BCUT2D eigenvalue weighted by atomic mass is 35.5. The van der Waals surface area contributed by atoms with Crippen molar-refractivity contribution in [3.8, 4) is 5.75 Å². The molecule has 0 radical (unpaired) electrons. The fourth-order valence-corrected chi connectivity index (χ4v) is 3.16. The van der Waals surface area contributed by atoms with Crippen LogP contribution in [0.15, 0.2) is 28.8 Å². The van der Waals surface area contributed by atoms with Gasteiger partial charge in [0.15, 0.2) is 0 Å². The standard InChI is InChI=1S/C17H16Cl2N2O3/c18-13-4-3-11(7-14(13)19)23-12-5-6-21(9-12)17(22)16-8-15(20-24-16)10-1-2-10/h3-4,7-8,10,12H,1-2,5-6,9H2/t12-/m0/s1. The number of hydrogen-bond acceptors (Lipinski definition) is 4. The van der Waals surface area contributed by atoms with Gasteiger partial charge in [-0.15, -0.1) is 0 Å². The third-order valence-electron chi connectivity index (χ3n) is 4.36. The van der Waals surface area contributed by atoms with E-state index >= 15 is 0 Å². The van der Waals surface area contributed by atoms with E-state index in [1.165, 1.54) is 0 Å². The lowest BCUT2D eigenvalue weighted by atomic mass is 10.2. The van der Waals surface area contributed by atoms with Crippen LogP contribution in [-0.4, -0.2) is 35.2 Å². The van der Waals surface area contributed by atoms with E-state index in [2.05, 4.69) is 5.16 Å². The number of rotatable bonds is 4. The highest BCUT2D eigenvalue weighted by Crippen LogP contribution is 2.39. The highest BCUT2D eigenvalue weighted by Gasteiger charge is 2.32. The molecule has 0 unspecified atom stereocenters. The number of benzene rings is 1. The van der Waals surface area contributed by atoms with Gasteiger partial charge in [0.2, 0.25) is 5.76 Å². The molecule has 0 bridgehead atoms. The summed E-state index contributed by atoms with van der Waals surface area (Å²) in [6.07, 6.45) is 2.94. The van der Waals surface area contributed by atoms with Gasteiger partial charge in [-0.1, -0.05) is 28.4 Å². The van der Waals surface area contributed by atoms with Gasteiger partial charge in [-0.25, -0.2) is 0 Å². The fourth-order valence-electron chi connectivity index (χ4n) is 2.87. The van der Waals surface area contributed by atoms with E-state index in [-0.39, 0.29) is 12.0 Å². The maximum absolute atomic E-state index is 12.5. The number of likely N-dealkylation sites (tertiary alicyclic amines) is 1. The lowest BCUT2D eigenvalue weighted by Gasteiger charge is -2.16. The molecule has 2 heterocycles. The van der Waals surface area contributed by atoms with Gasteiger partial charge in [0.25, 0.3) is 5.91 Å². The third kappa shape index (κ3) is 3.23. The van der Waals surface area contributed by atoms with Crippen LogP contribution in [0.4, 0.5) is 0 Å². The Kier molecular flexibility index (Phi) is 4.14. The topological polar surface area (TPSA) is 55.6 Å². The minimum absolute atomic E-state index is 0.0722. The van der Waals surface area contributed by atoms with Gasteiger partial charge < -0.3 is 14.2 Å². The van der Waals surface area contributed by atoms with Gasteiger partial charge >= 0.3 is 0 Å². The quantitative estimate of drug-likeness (QED) is 0.815. The Hall–Kier alpha value is -1.72. The lowest BCUT2D eigenvalue weighted by Crippen LogP contribution is -2.30. The average Bonchev–Trinajstić information content (AvgIpc) is 3.12. The molecule has 2 fully saturated rings. The average molecular weight is 367 g/mol. The number of amides is 1. The first-order chi connectivity index (χ1) is 11.6. The summed E-state index contributed by atoms with van der Waals surface area (Å²) < 4.78 is 11.1. The summed E-state index contributed by atoms with van der Waals surface area (Å²) in [6, 6.07) is 6.93. The number of ether oxygens (including phenoxy) is 1. The van der Waals surface area contributed by atoms with E-state index in [0.29, 0.717) is 40.6 Å². The number of nitrogens with zero attached hydrogens (tertiary/aromatic N) is 2. The molecule has 1 aromatic heterocycles. The van der Waals surface area contributed by atoms with Gasteiger partial charge in [0, 0.05) is 31.0 Å². The van der Waals surface area contributed by atoms with Crippen molar-refractivity contribution in [2.45, 2.75) is 31.3 Å². The minimum atomic E-state index is -0.130. The molecule has 1 amide bonds. The van der Waals surface area contributed by atoms with Crippen molar-refractivity contribution >= 4 is 29.1 Å². The summed E-state index contributed by atoms with van der Waals surface area (Å²) >= 11 is 11.9. The van der Waals surface area contributed by atoms with Crippen LogP contribution in [0.2, 0.25) is 10.0 Å². The molecule has 7 heteroatoms. The third-order valence-corrected chi connectivity index (χ3v) is 5.10. The fraction of sp³-hybridized carbons (Fsp3) is 0.412. The first kappa shape index (κ1) is 15.8. The molecular formula is C17H16Cl2N2O3. The molecule has 1 aromatic carbocycles. The molecule has 2 aromatic rings. The minimum Gasteiger partial charge on any atom is -0.488 e. The molecule has 4 rings (SSSR count). The van der Waals surface area contributed by atoms with Crippen LogP contribution in [0.1, 0.15) is 41.4 Å². The van der Waals surface area contributed by atoms with Crippen LogP contribution < -0.4 is 4.74 Å². The van der Waals surface area contributed by atoms with Crippen molar-refractivity contribution in [3.63, 3.8) is 0 Å². The largest absolute Gasteiger partial charge is 0.488 e. The van der Waals surface area contributed by atoms with Crippen molar-refractivity contribution in [1.82, 2.24) is 10.1 Å². The van der Waals surface area contributed by atoms with E-state index < -0.39 is 0 Å². The predicted octanol–water partition coefficient (Wildman–Crippen LogP) is 4.15. The summed E-state index contributed by atoms with van der Waals surface area (Å²) in [5.74, 6) is 1.31. The molecule has 1 aliphatic heterocycles. The van der Waals surface area contributed by atoms with Gasteiger partial charge in [-0.05, 0) is 25.0 Å². The van der Waals surface area contributed by atoms with E-state index in [0.717, 1.165) is 25.0 Å². The molecule has 5 nitrogen and oxygen atoms in total. The zero-order valence-corrected chi connectivity index (χ0v) is 14.4. The van der Waals surface area contributed by atoms with Crippen LogP contribution >= 0.6 is 23.2 Å². The molecule has 1 saturated heterocycles. The zero-order valence-electron chi connectivity index (χ0n) is 12.9. The Bertz CT molecular complexity index is 773. The van der Waals surface area contributed by atoms with Crippen LogP contribution in [-0.2, 0) is 0 Å². The summed E-state index contributed by atoms with van der Waals surface area (Å²) in [6.45, 7) is 1.14. The normalized spacial score (nSPS) is 20.4. The number of carbonyl (C=O) groups excluding carboxylic acids is 1. The summed E-state index contributed by atoms with van der Waals surface area (Å²) in [5, 5.41) is 4.94. The summed E-state index contributed by atoms with van der Waals surface area (Å²) in [5.41, 5.74) is 0.890. The molecular weight excluding hydrogens is 351 g/mol. The number of carbonyl (C=O) groups is 1. The number of aromatic nitrogens is 1. The Morgan fingerprint density at radius 2 is 2.04 bits per heavy atom. The van der Waals surface area contributed by atoms with Crippen molar-refractivity contribution in [2.24, 2.45) is 0 Å². The van der Waals surface area contributed by atoms with Gasteiger partial charge in [0.1, 0.15) is 11.9 Å². The molecule has 1 atom stereocenters. The number of halogens is 2. The maximum Gasteiger partial charge on any atom is 0.292 e. The molecule has 126 valence electrons. The van der Waals surface area contributed by atoms with E-state index in [1.54, 1.807) is 29.2 Å². The smallest absolute Gasteiger partial charge is 0.292 e.